The summed E-state index contributed by atoms with van der Waals surface area (Å²) in [5.74, 6) is 0.259. The highest BCUT2D eigenvalue weighted by molar-refractivity contribution is 5.79. The molecular formula is C17H21F3N4O3. The highest BCUT2D eigenvalue weighted by Gasteiger charge is 2.35. The second kappa shape index (κ2) is 7.71. The predicted molar refractivity (Wildman–Crippen MR) is 92.4 cm³/mol. The molecule has 0 atom stereocenters. The van der Waals surface area contributed by atoms with E-state index >= 15 is 0 Å². The van der Waals surface area contributed by atoms with Gasteiger partial charge in [0.1, 0.15) is 5.69 Å². The van der Waals surface area contributed by atoms with Gasteiger partial charge < -0.3 is 15.5 Å². The number of nitrogens with one attached hydrogen (secondary N) is 2. The molecule has 0 unspecified atom stereocenters. The zero-order chi connectivity index (χ0) is 19.6. The van der Waals surface area contributed by atoms with Crippen LogP contribution in [0.5, 0.6) is 0 Å². The number of halogens is 3. The van der Waals surface area contributed by atoms with Crippen molar-refractivity contribution in [3.63, 3.8) is 0 Å². The number of benzene rings is 1. The number of alkyl halides is 3. The van der Waals surface area contributed by atoms with Gasteiger partial charge in [0, 0.05) is 50.6 Å². The van der Waals surface area contributed by atoms with Crippen LogP contribution < -0.4 is 15.5 Å². The first-order valence-corrected chi connectivity index (χ1v) is 8.84. The zero-order valence-corrected chi connectivity index (χ0v) is 14.6. The lowest BCUT2D eigenvalue weighted by Gasteiger charge is -2.33. The summed E-state index contributed by atoms with van der Waals surface area (Å²) in [7, 11) is 0. The smallest absolute Gasteiger partial charge is 0.366 e. The second-order valence-electron chi connectivity index (χ2n) is 6.99. The number of piperidine rings is 1. The fraction of sp³-hybridized carbons (Fsp3) is 0.588. The molecule has 2 heterocycles. The summed E-state index contributed by atoms with van der Waals surface area (Å²) in [6.45, 7) is 3.20. The van der Waals surface area contributed by atoms with Crippen LogP contribution in [-0.4, -0.2) is 43.6 Å². The van der Waals surface area contributed by atoms with E-state index in [1.165, 1.54) is 0 Å². The van der Waals surface area contributed by atoms with Crippen LogP contribution in [-0.2, 0) is 11.0 Å². The van der Waals surface area contributed by atoms with Gasteiger partial charge in [-0.2, -0.15) is 13.2 Å². The van der Waals surface area contributed by atoms with Gasteiger partial charge in [-0.05, 0) is 25.0 Å². The minimum absolute atomic E-state index is 0.0246. The molecule has 10 heteroatoms. The van der Waals surface area contributed by atoms with Gasteiger partial charge in [-0.25, -0.2) is 0 Å². The predicted octanol–water partition coefficient (Wildman–Crippen LogP) is 2.17. The van der Waals surface area contributed by atoms with Gasteiger partial charge in [-0.3, -0.25) is 14.9 Å². The molecule has 0 spiro atoms. The number of nitro benzene ring substituents is 1. The van der Waals surface area contributed by atoms with Crippen LogP contribution in [0, 0.1) is 22.0 Å². The Hall–Kier alpha value is -2.36. The molecule has 2 N–H and O–H groups in total. The zero-order valence-electron chi connectivity index (χ0n) is 14.6. The SMILES string of the molecule is O=C(NCC1CNC1)C1CCN(c2ccc(C(F)(F)F)cc2[N+](=O)[O-])CC1. The first-order valence-electron chi connectivity index (χ1n) is 8.84. The number of anilines is 1. The van der Waals surface area contributed by atoms with E-state index in [-0.39, 0.29) is 17.5 Å². The number of carbonyl (C=O) groups excluding carboxylic acids is 1. The summed E-state index contributed by atoms with van der Waals surface area (Å²) >= 11 is 0. The van der Waals surface area contributed by atoms with Crippen LogP contribution in [0.15, 0.2) is 18.2 Å². The van der Waals surface area contributed by atoms with Crippen LogP contribution in [0.1, 0.15) is 18.4 Å². The Morgan fingerprint density at radius 1 is 1.30 bits per heavy atom. The fourth-order valence-corrected chi connectivity index (χ4v) is 3.38. The maximum atomic E-state index is 12.8. The van der Waals surface area contributed by atoms with Gasteiger partial charge in [0.2, 0.25) is 5.91 Å². The van der Waals surface area contributed by atoms with E-state index < -0.39 is 22.4 Å². The quantitative estimate of drug-likeness (QED) is 0.598. The number of hydrogen-bond donors (Lipinski definition) is 2. The molecule has 27 heavy (non-hydrogen) atoms. The summed E-state index contributed by atoms with van der Waals surface area (Å²) in [5.41, 5.74) is -1.45. The van der Waals surface area contributed by atoms with E-state index in [1.54, 1.807) is 4.90 Å². The third kappa shape index (κ3) is 4.49. The van der Waals surface area contributed by atoms with Crippen molar-refractivity contribution in [3.8, 4) is 0 Å². The first kappa shape index (κ1) is 19.4. The standard InChI is InChI=1S/C17H21F3N4O3/c18-17(19,20)13-1-2-14(15(7-13)24(26)27)23-5-3-12(4-6-23)16(25)22-10-11-8-21-9-11/h1-2,7,11-12,21H,3-6,8-10H2,(H,22,25). The van der Waals surface area contributed by atoms with Gasteiger partial charge in [0.05, 0.1) is 10.5 Å². The molecule has 0 aliphatic carbocycles. The largest absolute Gasteiger partial charge is 0.416 e. The van der Waals surface area contributed by atoms with Gasteiger partial charge in [0.15, 0.2) is 0 Å². The van der Waals surface area contributed by atoms with Crippen molar-refractivity contribution in [2.24, 2.45) is 11.8 Å². The van der Waals surface area contributed by atoms with Crippen LogP contribution in [0.2, 0.25) is 0 Å². The van der Waals surface area contributed by atoms with Crippen molar-refractivity contribution in [3.05, 3.63) is 33.9 Å². The Labute approximate surface area is 154 Å². The van der Waals surface area contributed by atoms with Crippen LogP contribution in [0.3, 0.4) is 0 Å². The Kier molecular flexibility index (Phi) is 5.54. The Morgan fingerprint density at radius 2 is 1.96 bits per heavy atom. The highest BCUT2D eigenvalue weighted by Crippen LogP contribution is 2.37. The Bertz CT molecular complexity index is 714. The van der Waals surface area contributed by atoms with E-state index in [1.807, 2.05) is 0 Å². The van der Waals surface area contributed by atoms with Crippen molar-refractivity contribution >= 4 is 17.3 Å². The lowest BCUT2D eigenvalue weighted by atomic mass is 9.94. The number of nitro groups is 1. The molecule has 0 saturated carbocycles. The maximum absolute atomic E-state index is 12.8. The Morgan fingerprint density at radius 3 is 2.48 bits per heavy atom. The van der Waals surface area contributed by atoms with Gasteiger partial charge in [-0.1, -0.05) is 0 Å². The molecule has 2 fully saturated rings. The first-order chi connectivity index (χ1) is 12.8. The van der Waals surface area contributed by atoms with Crippen molar-refractivity contribution in [1.82, 2.24) is 10.6 Å². The molecule has 0 radical (unpaired) electrons. The number of carbonyl (C=O) groups is 1. The summed E-state index contributed by atoms with van der Waals surface area (Å²) in [6, 6.07) is 2.57. The molecule has 2 saturated heterocycles. The van der Waals surface area contributed by atoms with Crippen LogP contribution >= 0.6 is 0 Å². The number of hydrogen-bond acceptors (Lipinski definition) is 5. The average Bonchev–Trinajstić information content (AvgIpc) is 2.59. The molecule has 1 aromatic rings. The highest BCUT2D eigenvalue weighted by atomic mass is 19.4. The van der Waals surface area contributed by atoms with Crippen molar-refractivity contribution in [2.75, 3.05) is 37.6 Å². The number of amides is 1. The van der Waals surface area contributed by atoms with Crippen molar-refractivity contribution in [1.29, 1.82) is 0 Å². The summed E-state index contributed by atoms with van der Waals surface area (Å²) < 4.78 is 38.5. The molecule has 0 aromatic heterocycles. The number of nitrogens with zero attached hydrogens (tertiary/aromatic N) is 2. The maximum Gasteiger partial charge on any atom is 0.416 e. The topological polar surface area (TPSA) is 87.5 Å². The lowest BCUT2D eigenvalue weighted by molar-refractivity contribution is -0.384. The molecule has 2 aliphatic heterocycles. The molecule has 1 amide bonds. The third-order valence-electron chi connectivity index (χ3n) is 5.14. The van der Waals surface area contributed by atoms with E-state index in [0.717, 1.165) is 25.2 Å². The molecule has 3 rings (SSSR count). The molecule has 0 bridgehead atoms. The van der Waals surface area contributed by atoms with E-state index in [0.29, 0.717) is 44.5 Å². The lowest BCUT2D eigenvalue weighted by Crippen LogP contribution is -2.49. The van der Waals surface area contributed by atoms with Gasteiger partial charge in [-0.15, -0.1) is 0 Å². The van der Waals surface area contributed by atoms with E-state index in [4.69, 9.17) is 0 Å². The van der Waals surface area contributed by atoms with E-state index in [2.05, 4.69) is 10.6 Å². The van der Waals surface area contributed by atoms with Crippen LogP contribution in [0.4, 0.5) is 24.5 Å². The summed E-state index contributed by atoms with van der Waals surface area (Å²) in [4.78, 5) is 24.4. The van der Waals surface area contributed by atoms with Crippen LogP contribution in [0.25, 0.3) is 0 Å². The summed E-state index contributed by atoms with van der Waals surface area (Å²) in [6.07, 6.45) is -3.62. The summed E-state index contributed by atoms with van der Waals surface area (Å²) in [5, 5.41) is 17.3. The van der Waals surface area contributed by atoms with Gasteiger partial charge >= 0.3 is 6.18 Å². The monoisotopic (exact) mass is 386 g/mol. The third-order valence-corrected chi connectivity index (χ3v) is 5.14. The minimum atomic E-state index is -4.63. The molecule has 1 aromatic carbocycles. The molecule has 2 aliphatic rings. The van der Waals surface area contributed by atoms with Crippen molar-refractivity contribution < 1.29 is 22.9 Å². The molecule has 7 nitrogen and oxygen atoms in total. The van der Waals surface area contributed by atoms with E-state index in [9.17, 15) is 28.1 Å². The fourth-order valence-electron chi connectivity index (χ4n) is 3.38. The van der Waals surface area contributed by atoms with Gasteiger partial charge in [0.25, 0.3) is 5.69 Å². The molecule has 148 valence electrons. The number of rotatable bonds is 5. The Balaban J connectivity index is 1.63. The minimum Gasteiger partial charge on any atom is -0.366 e. The van der Waals surface area contributed by atoms with Crippen molar-refractivity contribution in [2.45, 2.75) is 19.0 Å². The second-order valence-corrected chi connectivity index (χ2v) is 6.99. The normalized spacial score (nSPS) is 18.9. The molecular weight excluding hydrogens is 365 g/mol. The average molecular weight is 386 g/mol.